The molecule has 2 amide bonds. The SMILES string of the molecule is O=C(O)C1CCCCN1S(=O)(=O)c1cccc(NC2=CC(=O)N(CCO)C2=O)c1. The van der Waals surface area contributed by atoms with E-state index in [1.165, 1.54) is 24.3 Å². The van der Waals surface area contributed by atoms with Gasteiger partial charge in [-0.15, -0.1) is 0 Å². The third kappa shape index (κ3) is 4.16. The van der Waals surface area contributed by atoms with Crippen LogP contribution in [0.5, 0.6) is 0 Å². The maximum Gasteiger partial charge on any atom is 0.322 e. The maximum absolute atomic E-state index is 13.0. The minimum atomic E-state index is -4.06. The number of aliphatic hydroxyl groups excluding tert-OH is 1. The molecule has 3 rings (SSSR count). The molecule has 1 unspecified atom stereocenters. The summed E-state index contributed by atoms with van der Waals surface area (Å²) in [5.74, 6) is -2.39. The Kier molecular flexibility index (Phi) is 6.01. The molecular formula is C18H21N3O7S. The van der Waals surface area contributed by atoms with Crippen LogP contribution in [0.2, 0.25) is 0 Å². The van der Waals surface area contributed by atoms with Crippen LogP contribution in [0.4, 0.5) is 5.69 Å². The minimum Gasteiger partial charge on any atom is -0.480 e. The van der Waals surface area contributed by atoms with Crippen molar-refractivity contribution >= 4 is 33.5 Å². The van der Waals surface area contributed by atoms with E-state index in [1.807, 2.05) is 0 Å². The molecule has 29 heavy (non-hydrogen) atoms. The van der Waals surface area contributed by atoms with Crippen molar-refractivity contribution in [2.45, 2.75) is 30.2 Å². The van der Waals surface area contributed by atoms with Crippen molar-refractivity contribution in [3.05, 3.63) is 36.0 Å². The Bertz CT molecular complexity index is 973. The van der Waals surface area contributed by atoms with E-state index in [2.05, 4.69) is 5.32 Å². The summed E-state index contributed by atoms with van der Waals surface area (Å²) in [7, 11) is -4.06. The first-order valence-electron chi connectivity index (χ1n) is 9.06. The number of aliphatic carboxylic acids is 1. The Balaban J connectivity index is 1.84. The van der Waals surface area contributed by atoms with Crippen LogP contribution in [-0.4, -0.2) is 71.4 Å². The zero-order valence-corrected chi connectivity index (χ0v) is 16.3. The standard InChI is InChI=1S/C18H21N3O7S/c22-9-8-20-16(23)11-14(17(20)24)19-12-4-3-5-13(10-12)29(27,28)21-7-2-1-6-15(21)18(25)26/h3-5,10-11,15,19,22H,1-2,6-9H2,(H,25,26). The van der Waals surface area contributed by atoms with Gasteiger partial charge in [-0.1, -0.05) is 6.07 Å². The molecule has 0 radical (unpaired) electrons. The number of sulfonamides is 1. The van der Waals surface area contributed by atoms with Gasteiger partial charge in [0.15, 0.2) is 0 Å². The molecular weight excluding hydrogens is 402 g/mol. The number of amides is 2. The van der Waals surface area contributed by atoms with Gasteiger partial charge in [-0.25, -0.2) is 8.42 Å². The summed E-state index contributed by atoms with van der Waals surface area (Å²) in [6.07, 6.45) is 2.53. The third-order valence-corrected chi connectivity index (χ3v) is 6.70. The Hall–Kier alpha value is -2.76. The number of anilines is 1. The topological polar surface area (TPSA) is 144 Å². The number of β-amino-alcohol motifs (C(OH)–C–C–N with tert-alkyl or cyclic N) is 1. The normalized spacial score (nSPS) is 20.7. The van der Waals surface area contributed by atoms with Crippen LogP contribution in [0.15, 0.2) is 40.9 Å². The summed E-state index contributed by atoms with van der Waals surface area (Å²) < 4.78 is 27.0. The molecule has 0 spiro atoms. The van der Waals surface area contributed by atoms with Crippen LogP contribution in [0.1, 0.15) is 19.3 Å². The first kappa shape index (κ1) is 21.0. The second-order valence-electron chi connectivity index (χ2n) is 6.70. The van der Waals surface area contributed by atoms with Gasteiger partial charge in [0.25, 0.3) is 11.8 Å². The average Bonchev–Trinajstić information content (AvgIpc) is 2.96. The molecule has 2 heterocycles. The second-order valence-corrected chi connectivity index (χ2v) is 8.59. The van der Waals surface area contributed by atoms with Gasteiger partial charge in [-0.3, -0.25) is 19.3 Å². The lowest BCUT2D eigenvalue weighted by Crippen LogP contribution is -2.47. The number of aliphatic hydroxyl groups is 1. The van der Waals surface area contributed by atoms with Crippen LogP contribution in [0.3, 0.4) is 0 Å². The zero-order valence-electron chi connectivity index (χ0n) is 15.4. The van der Waals surface area contributed by atoms with Crippen LogP contribution in [-0.2, 0) is 24.4 Å². The molecule has 2 aliphatic heterocycles. The summed E-state index contributed by atoms with van der Waals surface area (Å²) in [6, 6.07) is 4.51. The van der Waals surface area contributed by atoms with E-state index >= 15 is 0 Å². The molecule has 0 bridgehead atoms. The molecule has 1 saturated heterocycles. The lowest BCUT2D eigenvalue weighted by Gasteiger charge is -2.31. The average molecular weight is 423 g/mol. The van der Waals surface area contributed by atoms with E-state index in [1.54, 1.807) is 0 Å². The van der Waals surface area contributed by atoms with Crippen molar-refractivity contribution in [1.29, 1.82) is 0 Å². The van der Waals surface area contributed by atoms with Gasteiger partial charge >= 0.3 is 5.97 Å². The molecule has 2 aliphatic rings. The highest BCUT2D eigenvalue weighted by molar-refractivity contribution is 7.89. The molecule has 1 fully saturated rings. The Morgan fingerprint density at radius 3 is 2.69 bits per heavy atom. The van der Waals surface area contributed by atoms with Gasteiger partial charge in [-0.05, 0) is 37.5 Å². The predicted octanol–water partition coefficient (Wildman–Crippen LogP) is -0.0287. The summed E-state index contributed by atoms with van der Waals surface area (Å²) in [5.41, 5.74) is 0.215. The van der Waals surface area contributed by atoms with E-state index in [0.717, 1.165) is 15.3 Å². The van der Waals surface area contributed by atoms with Gasteiger partial charge in [0.05, 0.1) is 18.0 Å². The van der Waals surface area contributed by atoms with Gasteiger partial charge in [0.1, 0.15) is 11.7 Å². The summed E-state index contributed by atoms with van der Waals surface area (Å²) in [5, 5.41) is 21.0. The number of carboxylic acids is 1. The van der Waals surface area contributed by atoms with Crippen molar-refractivity contribution in [2.75, 3.05) is 25.0 Å². The van der Waals surface area contributed by atoms with E-state index in [9.17, 15) is 27.9 Å². The Morgan fingerprint density at radius 2 is 2.00 bits per heavy atom. The molecule has 0 aromatic heterocycles. The Morgan fingerprint density at radius 1 is 1.24 bits per heavy atom. The number of piperidine rings is 1. The molecule has 1 atom stereocenters. The number of imide groups is 1. The van der Waals surface area contributed by atoms with Crippen LogP contribution in [0.25, 0.3) is 0 Å². The number of rotatable bonds is 7. The molecule has 10 nitrogen and oxygen atoms in total. The molecule has 1 aromatic rings. The number of carbonyl (C=O) groups is 3. The van der Waals surface area contributed by atoms with Crippen molar-refractivity contribution in [2.24, 2.45) is 0 Å². The predicted molar refractivity (Wildman–Crippen MR) is 101 cm³/mol. The summed E-state index contributed by atoms with van der Waals surface area (Å²) in [4.78, 5) is 36.3. The molecule has 11 heteroatoms. The molecule has 156 valence electrons. The van der Waals surface area contributed by atoms with Crippen molar-refractivity contribution in [1.82, 2.24) is 9.21 Å². The molecule has 0 aliphatic carbocycles. The minimum absolute atomic E-state index is 0.0422. The fraction of sp³-hybridized carbons (Fsp3) is 0.389. The maximum atomic E-state index is 13.0. The highest BCUT2D eigenvalue weighted by Gasteiger charge is 2.38. The molecule has 3 N–H and O–H groups in total. The smallest absolute Gasteiger partial charge is 0.322 e. The third-order valence-electron chi connectivity index (χ3n) is 4.79. The van der Waals surface area contributed by atoms with E-state index in [0.29, 0.717) is 12.8 Å². The van der Waals surface area contributed by atoms with Crippen molar-refractivity contribution in [3.8, 4) is 0 Å². The highest BCUT2D eigenvalue weighted by atomic mass is 32.2. The molecule has 0 saturated carbocycles. The van der Waals surface area contributed by atoms with Gasteiger partial charge < -0.3 is 15.5 Å². The number of carboxylic acid groups (broad SMARTS) is 1. The van der Waals surface area contributed by atoms with Crippen molar-refractivity contribution < 1.29 is 33.0 Å². The lowest BCUT2D eigenvalue weighted by molar-refractivity contribution is -0.142. The van der Waals surface area contributed by atoms with Crippen molar-refractivity contribution in [3.63, 3.8) is 0 Å². The summed E-state index contributed by atoms with van der Waals surface area (Å²) >= 11 is 0. The van der Waals surface area contributed by atoms with Crippen LogP contribution < -0.4 is 5.32 Å². The number of hydrogen-bond donors (Lipinski definition) is 3. The van der Waals surface area contributed by atoms with E-state index in [-0.39, 0.29) is 42.4 Å². The number of carbonyl (C=O) groups excluding carboxylic acids is 2. The van der Waals surface area contributed by atoms with Crippen LogP contribution >= 0.6 is 0 Å². The van der Waals surface area contributed by atoms with Gasteiger partial charge in [0.2, 0.25) is 10.0 Å². The number of hydrogen-bond acceptors (Lipinski definition) is 7. The zero-order chi connectivity index (χ0) is 21.2. The van der Waals surface area contributed by atoms with Gasteiger partial charge in [0, 0.05) is 18.3 Å². The quantitative estimate of drug-likeness (QED) is 0.519. The highest BCUT2D eigenvalue weighted by Crippen LogP contribution is 2.27. The number of nitrogens with zero attached hydrogens (tertiary/aromatic N) is 2. The Labute approximate surface area is 167 Å². The van der Waals surface area contributed by atoms with E-state index < -0.39 is 33.8 Å². The van der Waals surface area contributed by atoms with Gasteiger partial charge in [-0.2, -0.15) is 4.31 Å². The summed E-state index contributed by atoms with van der Waals surface area (Å²) in [6.45, 7) is -0.391. The first-order valence-corrected chi connectivity index (χ1v) is 10.5. The van der Waals surface area contributed by atoms with E-state index in [4.69, 9.17) is 5.11 Å². The fourth-order valence-electron chi connectivity index (χ4n) is 3.37. The largest absolute Gasteiger partial charge is 0.480 e. The monoisotopic (exact) mass is 423 g/mol. The first-order chi connectivity index (χ1) is 13.8. The lowest BCUT2D eigenvalue weighted by atomic mass is 10.1. The number of nitrogens with one attached hydrogen (secondary N) is 1. The second kappa shape index (κ2) is 8.31. The van der Waals surface area contributed by atoms with Crippen LogP contribution in [0, 0.1) is 0 Å². The number of benzene rings is 1. The molecule has 1 aromatic carbocycles. The fourth-order valence-corrected chi connectivity index (χ4v) is 5.07.